The molecule has 0 saturated heterocycles. The topological polar surface area (TPSA) is 74.6 Å². The zero-order chi connectivity index (χ0) is 18.2. The second-order valence-electron chi connectivity index (χ2n) is 5.56. The average Bonchev–Trinajstić information content (AvgIpc) is 3.03. The summed E-state index contributed by atoms with van der Waals surface area (Å²) in [6, 6.07) is 11.4. The van der Waals surface area contributed by atoms with Gasteiger partial charge in [0.2, 0.25) is 5.91 Å². The van der Waals surface area contributed by atoms with Crippen molar-refractivity contribution < 1.29 is 14.0 Å². The summed E-state index contributed by atoms with van der Waals surface area (Å²) >= 11 is 3.13. The van der Waals surface area contributed by atoms with Crippen molar-refractivity contribution in [3.63, 3.8) is 0 Å². The number of benzene rings is 1. The summed E-state index contributed by atoms with van der Waals surface area (Å²) in [6.45, 7) is 6.09. The third kappa shape index (κ3) is 5.94. The van der Waals surface area contributed by atoms with Crippen LogP contribution >= 0.6 is 15.9 Å². The molecule has 2 amide bonds. The number of aryl methyl sites for hydroxylation is 1. The van der Waals surface area contributed by atoms with Crippen LogP contribution in [0.5, 0.6) is 0 Å². The fourth-order valence-corrected chi connectivity index (χ4v) is 2.68. The molecule has 1 heterocycles. The van der Waals surface area contributed by atoms with Gasteiger partial charge in [-0.05, 0) is 59.6 Å². The van der Waals surface area contributed by atoms with Gasteiger partial charge in [0.05, 0.1) is 6.54 Å². The molecule has 0 spiro atoms. The first-order chi connectivity index (χ1) is 12.0. The van der Waals surface area contributed by atoms with Crippen LogP contribution in [0.15, 0.2) is 45.5 Å². The molecular weight excluding hydrogens is 386 g/mol. The number of amides is 2. The number of halogens is 1. The molecule has 0 unspecified atom stereocenters. The lowest BCUT2D eigenvalue weighted by Gasteiger charge is -2.23. The van der Waals surface area contributed by atoms with Crippen molar-refractivity contribution in [1.82, 2.24) is 10.6 Å². The van der Waals surface area contributed by atoms with E-state index >= 15 is 0 Å². The van der Waals surface area contributed by atoms with Gasteiger partial charge in [-0.25, -0.2) is 0 Å². The summed E-state index contributed by atoms with van der Waals surface area (Å²) in [6.07, 6.45) is 0. The largest absolute Gasteiger partial charge is 0.444 e. The van der Waals surface area contributed by atoms with E-state index in [0.29, 0.717) is 17.8 Å². The molecule has 0 aliphatic carbocycles. The lowest BCUT2D eigenvalue weighted by Crippen LogP contribution is -2.40. The first-order valence-corrected chi connectivity index (χ1v) is 8.90. The van der Waals surface area contributed by atoms with Crippen LogP contribution in [0.3, 0.4) is 0 Å². The minimum absolute atomic E-state index is 0.0896. The second kappa shape index (κ2) is 9.27. The van der Waals surface area contributed by atoms with Crippen LogP contribution in [-0.4, -0.2) is 38.0 Å². The van der Waals surface area contributed by atoms with E-state index in [1.165, 1.54) is 11.6 Å². The molecule has 0 aliphatic rings. The standard InChI is InChI=1S/C18H22BrN3O3/c1-3-22(14-6-4-5-13(2)11-14)10-9-20-17(23)12-21-18(24)15-7-8-16(19)25-15/h4-8,11H,3,9-10,12H2,1-2H3,(H,20,23)(H,21,24). The summed E-state index contributed by atoms with van der Waals surface area (Å²) in [7, 11) is 0. The van der Waals surface area contributed by atoms with E-state index < -0.39 is 5.91 Å². The highest BCUT2D eigenvalue weighted by Gasteiger charge is 2.12. The number of likely N-dealkylation sites (N-methyl/N-ethyl adjacent to an activating group) is 1. The van der Waals surface area contributed by atoms with Crippen molar-refractivity contribution in [3.8, 4) is 0 Å². The molecule has 0 fully saturated rings. The SMILES string of the molecule is CCN(CCNC(=O)CNC(=O)c1ccc(Br)o1)c1cccc(C)c1. The predicted octanol–water partition coefficient (Wildman–Crippen LogP) is 2.72. The number of rotatable bonds is 8. The number of anilines is 1. The quantitative estimate of drug-likeness (QED) is 0.705. The minimum Gasteiger partial charge on any atom is -0.444 e. The Bertz CT molecular complexity index is 730. The Morgan fingerprint density at radius 2 is 2.00 bits per heavy atom. The number of nitrogens with one attached hydrogen (secondary N) is 2. The Labute approximate surface area is 155 Å². The maximum Gasteiger partial charge on any atom is 0.287 e. The third-order valence-electron chi connectivity index (χ3n) is 3.66. The molecule has 1 aromatic carbocycles. The van der Waals surface area contributed by atoms with E-state index in [9.17, 15) is 9.59 Å². The van der Waals surface area contributed by atoms with Gasteiger partial charge in [0.1, 0.15) is 0 Å². The van der Waals surface area contributed by atoms with Gasteiger partial charge in [-0.2, -0.15) is 0 Å². The molecule has 6 nitrogen and oxygen atoms in total. The Morgan fingerprint density at radius 1 is 1.20 bits per heavy atom. The van der Waals surface area contributed by atoms with Crippen molar-refractivity contribution in [2.24, 2.45) is 0 Å². The zero-order valence-electron chi connectivity index (χ0n) is 14.3. The predicted molar refractivity (Wildman–Crippen MR) is 101 cm³/mol. The summed E-state index contributed by atoms with van der Waals surface area (Å²) in [5.41, 5.74) is 2.33. The first kappa shape index (κ1) is 19.1. The van der Waals surface area contributed by atoms with Crippen LogP contribution in [0.25, 0.3) is 0 Å². The molecule has 0 bridgehead atoms. The number of carbonyl (C=O) groups is 2. The van der Waals surface area contributed by atoms with E-state index in [2.05, 4.69) is 63.5 Å². The fraction of sp³-hybridized carbons (Fsp3) is 0.333. The van der Waals surface area contributed by atoms with Gasteiger partial charge in [-0.3, -0.25) is 9.59 Å². The van der Waals surface area contributed by atoms with E-state index in [-0.39, 0.29) is 18.2 Å². The van der Waals surface area contributed by atoms with Gasteiger partial charge in [0.15, 0.2) is 10.4 Å². The number of furan rings is 1. The van der Waals surface area contributed by atoms with Crippen LogP contribution in [0.2, 0.25) is 0 Å². The third-order valence-corrected chi connectivity index (χ3v) is 4.09. The number of carbonyl (C=O) groups excluding carboxylic acids is 2. The lowest BCUT2D eigenvalue weighted by molar-refractivity contribution is -0.120. The molecule has 0 saturated carbocycles. The minimum atomic E-state index is -0.421. The monoisotopic (exact) mass is 407 g/mol. The fourth-order valence-electron chi connectivity index (χ4n) is 2.37. The molecule has 1 aromatic heterocycles. The average molecular weight is 408 g/mol. The smallest absolute Gasteiger partial charge is 0.287 e. The van der Waals surface area contributed by atoms with E-state index in [0.717, 1.165) is 12.2 Å². The van der Waals surface area contributed by atoms with E-state index in [1.807, 2.05) is 6.07 Å². The van der Waals surface area contributed by atoms with Crippen LogP contribution in [-0.2, 0) is 4.79 Å². The van der Waals surface area contributed by atoms with Gasteiger partial charge in [0, 0.05) is 25.3 Å². The van der Waals surface area contributed by atoms with Gasteiger partial charge >= 0.3 is 0 Å². The van der Waals surface area contributed by atoms with Crippen LogP contribution in [0, 0.1) is 6.92 Å². The molecule has 0 radical (unpaired) electrons. The zero-order valence-corrected chi connectivity index (χ0v) is 15.9. The normalized spacial score (nSPS) is 10.4. The van der Waals surface area contributed by atoms with Crippen molar-refractivity contribution >= 4 is 33.4 Å². The Morgan fingerprint density at radius 3 is 2.64 bits per heavy atom. The van der Waals surface area contributed by atoms with Crippen molar-refractivity contribution in [2.75, 3.05) is 31.1 Å². The Kier molecular flexibility index (Phi) is 7.06. The van der Waals surface area contributed by atoms with Gasteiger partial charge in [-0.1, -0.05) is 12.1 Å². The molecule has 134 valence electrons. The molecule has 0 aliphatic heterocycles. The maximum atomic E-state index is 11.9. The highest BCUT2D eigenvalue weighted by atomic mass is 79.9. The first-order valence-electron chi connectivity index (χ1n) is 8.11. The maximum absolute atomic E-state index is 11.9. The number of hydrogen-bond donors (Lipinski definition) is 2. The van der Waals surface area contributed by atoms with Crippen LogP contribution in [0.1, 0.15) is 23.0 Å². The van der Waals surface area contributed by atoms with Crippen molar-refractivity contribution in [1.29, 1.82) is 0 Å². The molecule has 2 rings (SSSR count). The van der Waals surface area contributed by atoms with E-state index in [1.54, 1.807) is 6.07 Å². The van der Waals surface area contributed by atoms with Crippen LogP contribution < -0.4 is 15.5 Å². The van der Waals surface area contributed by atoms with Gasteiger partial charge < -0.3 is 20.0 Å². The summed E-state index contributed by atoms with van der Waals surface area (Å²) in [4.78, 5) is 25.8. The van der Waals surface area contributed by atoms with Gasteiger partial charge in [0.25, 0.3) is 5.91 Å². The Hall–Kier alpha value is -2.28. The summed E-state index contributed by atoms with van der Waals surface area (Å²) < 4.78 is 5.60. The molecule has 25 heavy (non-hydrogen) atoms. The molecule has 2 N–H and O–H groups in total. The number of nitrogens with zero attached hydrogens (tertiary/aromatic N) is 1. The van der Waals surface area contributed by atoms with Crippen LogP contribution in [0.4, 0.5) is 5.69 Å². The molecule has 0 atom stereocenters. The molecule has 7 heteroatoms. The molecular formula is C18H22BrN3O3. The van der Waals surface area contributed by atoms with E-state index in [4.69, 9.17) is 4.42 Å². The highest BCUT2D eigenvalue weighted by Crippen LogP contribution is 2.15. The lowest BCUT2D eigenvalue weighted by atomic mass is 10.2. The molecule has 2 aromatic rings. The van der Waals surface area contributed by atoms with Gasteiger partial charge in [-0.15, -0.1) is 0 Å². The summed E-state index contributed by atoms with van der Waals surface area (Å²) in [5, 5.41) is 5.33. The number of hydrogen-bond acceptors (Lipinski definition) is 4. The highest BCUT2D eigenvalue weighted by molar-refractivity contribution is 9.10. The van der Waals surface area contributed by atoms with Crippen molar-refractivity contribution in [2.45, 2.75) is 13.8 Å². The van der Waals surface area contributed by atoms with Crippen molar-refractivity contribution in [3.05, 3.63) is 52.4 Å². The Balaban J connectivity index is 1.73. The second-order valence-corrected chi connectivity index (χ2v) is 6.34. The summed E-state index contributed by atoms with van der Waals surface area (Å²) in [5.74, 6) is -0.494.